The largest absolute Gasteiger partial charge is 0.507 e. The van der Waals surface area contributed by atoms with Crippen LogP contribution in [0.15, 0.2) is 34.3 Å². The Balaban J connectivity index is 1.87. The minimum Gasteiger partial charge on any atom is -0.507 e. The molecule has 40 heavy (non-hydrogen) atoms. The Bertz CT molecular complexity index is 1190. The number of hydrogen-bond acceptors (Lipinski definition) is 4. The first kappa shape index (κ1) is 31.1. The van der Waals surface area contributed by atoms with E-state index in [2.05, 4.69) is 9.98 Å². The first-order chi connectivity index (χ1) is 18.2. The van der Waals surface area contributed by atoms with Crippen molar-refractivity contribution in [3.05, 3.63) is 57.6 Å². The van der Waals surface area contributed by atoms with Crippen LogP contribution in [0.25, 0.3) is 0 Å². The molecule has 1 saturated carbocycles. The van der Waals surface area contributed by atoms with Gasteiger partial charge >= 0.3 is 24.7 Å². The number of hydrogen-bond donors (Lipinski definition) is 2. The van der Waals surface area contributed by atoms with E-state index in [1.165, 1.54) is 0 Å². The molecule has 2 aromatic rings. The van der Waals surface area contributed by atoms with Crippen molar-refractivity contribution >= 4 is 12.4 Å². The minimum atomic E-state index is -5.31. The van der Waals surface area contributed by atoms with Crippen molar-refractivity contribution in [2.45, 2.75) is 62.5 Å². The molecule has 2 unspecified atom stereocenters. The molecule has 16 heteroatoms. The van der Waals surface area contributed by atoms with Crippen molar-refractivity contribution in [1.82, 2.24) is 0 Å². The normalized spacial score (nSPS) is 19.6. The average molecular weight is 594 g/mol. The number of nitrogens with zero attached hydrogens (tertiary/aromatic N) is 2. The maximum atomic E-state index is 13.1. The average Bonchev–Trinajstić information content (AvgIpc) is 2.80. The number of halogens is 12. The summed E-state index contributed by atoms with van der Waals surface area (Å²) in [6, 6.07) is -1.46. The zero-order valence-electron chi connectivity index (χ0n) is 19.8. The van der Waals surface area contributed by atoms with Crippen LogP contribution in [-0.4, -0.2) is 34.7 Å². The van der Waals surface area contributed by atoms with E-state index in [0.717, 1.165) is 0 Å². The second-order valence-electron chi connectivity index (χ2n) is 8.94. The molecule has 0 aliphatic heterocycles. The van der Waals surface area contributed by atoms with Gasteiger partial charge in [0.2, 0.25) is 0 Å². The summed E-state index contributed by atoms with van der Waals surface area (Å²) in [7, 11) is 0. The van der Waals surface area contributed by atoms with Gasteiger partial charge in [-0.15, -0.1) is 0 Å². The lowest BCUT2D eigenvalue weighted by Gasteiger charge is -2.24. The summed E-state index contributed by atoms with van der Waals surface area (Å²) in [5.41, 5.74) is -8.92. The van der Waals surface area contributed by atoms with Gasteiger partial charge in [0.1, 0.15) is 11.5 Å². The topological polar surface area (TPSA) is 65.2 Å². The molecule has 1 fully saturated rings. The number of phenolic OH excluding ortho intramolecular Hbond substituents is 2. The van der Waals surface area contributed by atoms with Gasteiger partial charge in [-0.1, -0.05) is 0 Å². The van der Waals surface area contributed by atoms with Gasteiger partial charge in [-0.3, -0.25) is 9.98 Å². The third-order valence-corrected chi connectivity index (χ3v) is 6.01. The van der Waals surface area contributed by atoms with Crippen LogP contribution in [0, 0.1) is 0 Å². The maximum Gasteiger partial charge on any atom is 0.419 e. The summed E-state index contributed by atoms with van der Waals surface area (Å²) in [5.74, 6) is -2.95. The summed E-state index contributed by atoms with van der Waals surface area (Å²) in [4.78, 5) is 7.87. The summed E-state index contributed by atoms with van der Waals surface area (Å²) in [6.07, 6.45) is -18.8. The Morgan fingerprint density at radius 1 is 0.575 bits per heavy atom. The molecule has 220 valence electrons. The van der Waals surface area contributed by atoms with Crippen LogP contribution in [0.2, 0.25) is 0 Å². The molecule has 1 aliphatic rings. The zero-order chi connectivity index (χ0) is 30.3. The minimum absolute atomic E-state index is 0.0231. The van der Waals surface area contributed by atoms with E-state index in [1.54, 1.807) is 0 Å². The second-order valence-corrected chi connectivity index (χ2v) is 8.94. The van der Waals surface area contributed by atoms with E-state index >= 15 is 0 Å². The molecule has 0 bridgehead atoms. The Hall–Kier alpha value is -3.46. The quantitative estimate of drug-likeness (QED) is 0.278. The van der Waals surface area contributed by atoms with Crippen molar-refractivity contribution < 1.29 is 62.9 Å². The third-order valence-electron chi connectivity index (χ3n) is 6.01. The van der Waals surface area contributed by atoms with Crippen LogP contribution in [0.1, 0.15) is 59.1 Å². The first-order valence-electron chi connectivity index (χ1n) is 11.3. The highest BCUT2D eigenvalue weighted by atomic mass is 19.4. The molecule has 2 N–H and O–H groups in total. The Morgan fingerprint density at radius 2 is 0.925 bits per heavy atom. The predicted octanol–water partition coefficient (Wildman–Crippen LogP) is 8.02. The fraction of sp³-hybridized carbons (Fsp3) is 0.417. The van der Waals surface area contributed by atoms with E-state index < -0.39 is 81.7 Å². The highest BCUT2D eigenvalue weighted by Crippen LogP contribution is 2.43. The number of rotatable bonds is 4. The number of aromatic hydroxyl groups is 2. The molecule has 0 saturated heterocycles. The molecule has 0 amide bonds. The van der Waals surface area contributed by atoms with Gasteiger partial charge in [-0.25, -0.2) is 0 Å². The van der Waals surface area contributed by atoms with Crippen molar-refractivity contribution in [3.8, 4) is 11.5 Å². The highest BCUT2D eigenvalue weighted by Gasteiger charge is 2.41. The molecular weight excluding hydrogens is 576 g/mol. The van der Waals surface area contributed by atoms with E-state index in [-0.39, 0.29) is 43.5 Å². The van der Waals surface area contributed by atoms with Crippen LogP contribution >= 0.6 is 0 Å². The Labute approximate surface area is 217 Å². The fourth-order valence-electron chi connectivity index (χ4n) is 4.05. The number of alkyl halides is 12. The second kappa shape index (κ2) is 10.8. The van der Waals surface area contributed by atoms with E-state index in [9.17, 15) is 62.9 Å². The monoisotopic (exact) mass is 594 g/mol. The smallest absolute Gasteiger partial charge is 0.419 e. The lowest BCUT2D eigenvalue weighted by molar-refractivity contribution is -0.145. The molecule has 0 radical (unpaired) electrons. The van der Waals surface area contributed by atoms with Gasteiger partial charge in [-0.05, 0) is 49.9 Å². The summed E-state index contributed by atoms with van der Waals surface area (Å²) in [6.45, 7) is 0. The van der Waals surface area contributed by atoms with Crippen molar-refractivity contribution in [3.63, 3.8) is 0 Å². The van der Waals surface area contributed by atoms with E-state index in [1.807, 2.05) is 0 Å². The maximum absolute atomic E-state index is 13.1. The standard InChI is InChI=1S/C24H18F12N2O2/c25-21(26,27)13-4-11(19(39)17(6-13)23(31,32)33)9-37-15-2-1-3-16(8-15)38-10-12-5-14(22(28,29)30)7-18(20(12)40)24(34,35)36/h4-7,9-10,15-16,39-40H,1-3,8H2. The summed E-state index contributed by atoms with van der Waals surface area (Å²) >= 11 is 0. The van der Waals surface area contributed by atoms with Crippen molar-refractivity contribution in [2.24, 2.45) is 9.98 Å². The van der Waals surface area contributed by atoms with Crippen molar-refractivity contribution in [2.75, 3.05) is 0 Å². The molecule has 2 atom stereocenters. The third kappa shape index (κ3) is 7.38. The molecule has 0 heterocycles. The SMILES string of the molecule is Oc1c(C=NC2CCCC(N=Cc3cc(C(F)(F)F)cc(C(F)(F)F)c3O)C2)cc(C(F)(F)F)cc1C(F)(F)F. The fourth-order valence-corrected chi connectivity index (χ4v) is 4.05. The predicted molar refractivity (Wildman–Crippen MR) is 117 cm³/mol. The lowest BCUT2D eigenvalue weighted by Crippen LogP contribution is -2.21. The van der Waals surface area contributed by atoms with Crippen LogP contribution < -0.4 is 0 Å². The van der Waals surface area contributed by atoms with Crippen LogP contribution in [-0.2, 0) is 24.7 Å². The van der Waals surface area contributed by atoms with Crippen LogP contribution in [0.4, 0.5) is 52.7 Å². The van der Waals surface area contributed by atoms with Crippen LogP contribution in [0.3, 0.4) is 0 Å². The zero-order valence-corrected chi connectivity index (χ0v) is 19.8. The summed E-state index contributed by atoms with van der Waals surface area (Å²) in [5, 5.41) is 19.8. The molecule has 2 aromatic carbocycles. The van der Waals surface area contributed by atoms with Crippen LogP contribution in [0.5, 0.6) is 11.5 Å². The molecule has 1 aliphatic carbocycles. The van der Waals surface area contributed by atoms with E-state index in [4.69, 9.17) is 0 Å². The first-order valence-corrected chi connectivity index (χ1v) is 11.3. The van der Waals surface area contributed by atoms with Gasteiger partial charge in [0, 0.05) is 23.6 Å². The number of benzene rings is 2. The molecule has 0 aromatic heterocycles. The molecular formula is C24H18F12N2O2. The van der Waals surface area contributed by atoms with Crippen molar-refractivity contribution in [1.29, 1.82) is 0 Å². The lowest BCUT2D eigenvalue weighted by atomic mass is 9.91. The van der Waals surface area contributed by atoms with Gasteiger partial charge < -0.3 is 10.2 Å². The number of aliphatic imine (C=N–C) groups is 2. The van der Waals surface area contributed by atoms with E-state index in [0.29, 0.717) is 18.9 Å². The van der Waals surface area contributed by atoms with Gasteiger partial charge in [-0.2, -0.15) is 52.7 Å². The van der Waals surface area contributed by atoms with Gasteiger partial charge in [0.25, 0.3) is 0 Å². The Kier molecular flexibility index (Phi) is 8.42. The Morgan fingerprint density at radius 3 is 1.23 bits per heavy atom. The number of phenols is 2. The van der Waals surface area contributed by atoms with Gasteiger partial charge in [0.05, 0.1) is 34.3 Å². The molecule has 4 nitrogen and oxygen atoms in total. The van der Waals surface area contributed by atoms with Gasteiger partial charge in [0.15, 0.2) is 0 Å². The molecule has 3 rings (SSSR count). The summed E-state index contributed by atoms with van der Waals surface area (Å²) < 4.78 is 157. The molecule has 0 spiro atoms. The highest BCUT2D eigenvalue weighted by molar-refractivity contribution is 5.85.